The summed E-state index contributed by atoms with van der Waals surface area (Å²) < 4.78 is 47.9. The Morgan fingerprint density at radius 2 is 1.65 bits per heavy atom. The van der Waals surface area contributed by atoms with E-state index in [9.17, 15) is 0 Å². The summed E-state index contributed by atoms with van der Waals surface area (Å²) in [6, 6.07) is 9.69. The molecule has 2 aliphatic rings. The monoisotopic (exact) mass is 686 g/mol. The van der Waals surface area contributed by atoms with E-state index in [1.165, 1.54) is 8.96 Å². The molecule has 5 rings (SSSR count). The third kappa shape index (κ3) is 3.01. The van der Waals surface area contributed by atoms with Gasteiger partial charge in [-0.05, 0) is 118 Å². The lowest BCUT2D eigenvalue weighted by atomic mass is 9.82. The Morgan fingerprint density at radius 1 is 0.941 bits per heavy atom. The summed E-state index contributed by atoms with van der Waals surface area (Å²) in [5.74, 6) is 1.42. The summed E-state index contributed by atoms with van der Waals surface area (Å²) in [5, 5.41) is 1.80. The van der Waals surface area contributed by atoms with Crippen LogP contribution in [0.15, 0.2) is 45.2 Å². The molecule has 0 fully saturated rings. The van der Waals surface area contributed by atoms with E-state index in [1.807, 2.05) is 44.2 Å². The number of rotatable bonds is 3. The minimum Gasteiger partial charge on any atom is -0.497 e. The van der Waals surface area contributed by atoms with Gasteiger partial charge in [-0.1, -0.05) is 0 Å². The highest BCUT2D eigenvalue weighted by atomic mass is 127. The topological polar surface area (TPSA) is 26.4 Å². The normalized spacial score (nSPS) is 17.0. The zero-order valence-electron chi connectivity index (χ0n) is 19.7. The van der Waals surface area contributed by atoms with Gasteiger partial charge in [0.2, 0.25) is 0 Å². The van der Waals surface area contributed by atoms with Crippen molar-refractivity contribution in [2.75, 3.05) is 14.2 Å². The molecule has 0 spiro atoms. The van der Waals surface area contributed by atoms with Crippen molar-refractivity contribution in [1.82, 2.24) is 4.48 Å². The second-order valence-electron chi connectivity index (χ2n) is 8.68. The van der Waals surface area contributed by atoms with Crippen LogP contribution >= 0.6 is 45.2 Å². The molecule has 0 saturated heterocycles. The maximum absolute atomic E-state index is 16.3. The summed E-state index contributed by atoms with van der Waals surface area (Å²) in [7, 11) is 3.26. The van der Waals surface area contributed by atoms with Crippen molar-refractivity contribution < 1.29 is 22.6 Å². The summed E-state index contributed by atoms with van der Waals surface area (Å²) in [4.78, 5) is 0. The molecular weight excluding hydrogens is 663 g/mol. The Balaban J connectivity index is 2.02. The highest BCUT2D eigenvalue weighted by Gasteiger charge is 2.56. The largest absolute Gasteiger partial charge is 0.737 e. The first-order chi connectivity index (χ1) is 16.1. The molecule has 4 nitrogen and oxygen atoms in total. The Kier molecular flexibility index (Phi) is 5.66. The molecule has 2 aromatic carbocycles. The van der Waals surface area contributed by atoms with E-state index in [4.69, 9.17) is 9.47 Å². The first-order valence-corrected chi connectivity index (χ1v) is 13.0. The van der Waals surface area contributed by atoms with Crippen molar-refractivity contribution in [3.05, 3.63) is 71.3 Å². The molecule has 3 heterocycles. The number of nitrogens with zero attached hydrogens (tertiary/aromatic N) is 2. The third-order valence-corrected chi connectivity index (χ3v) is 10.2. The fourth-order valence-corrected chi connectivity index (χ4v) is 6.39. The molecule has 0 saturated carbocycles. The molecule has 0 N–H and O–H groups in total. The van der Waals surface area contributed by atoms with E-state index >= 15 is 8.63 Å². The number of allylic oxidation sites excluding steroid dienone is 2. The van der Waals surface area contributed by atoms with Crippen LogP contribution < -0.4 is 9.47 Å². The number of methoxy groups -OCH3 is 2. The summed E-state index contributed by atoms with van der Waals surface area (Å²) >= 11 is 4.38. The van der Waals surface area contributed by atoms with Gasteiger partial charge in [-0.25, -0.2) is 0 Å². The van der Waals surface area contributed by atoms with Crippen LogP contribution in [0.1, 0.15) is 36.4 Å². The minimum absolute atomic E-state index is 0.575. The van der Waals surface area contributed by atoms with Crippen molar-refractivity contribution >= 4 is 74.2 Å². The van der Waals surface area contributed by atoms with Gasteiger partial charge in [-0.2, -0.15) is 0 Å². The zero-order chi connectivity index (χ0) is 24.7. The summed E-state index contributed by atoms with van der Waals surface area (Å²) in [5.41, 5.74) is 5.71. The number of aromatic nitrogens is 1. The first kappa shape index (κ1) is 23.8. The predicted molar refractivity (Wildman–Crippen MR) is 151 cm³/mol. The number of hydrogen-bond donors (Lipinski definition) is 0. The van der Waals surface area contributed by atoms with Crippen LogP contribution in [0.5, 0.6) is 11.5 Å². The molecule has 0 unspecified atom stereocenters. The number of ether oxygens (including phenoxy) is 2. The molecule has 0 aliphatic carbocycles. The predicted octanol–water partition coefficient (Wildman–Crippen LogP) is 7.07. The van der Waals surface area contributed by atoms with Crippen molar-refractivity contribution in [3.63, 3.8) is 0 Å². The molecular formula is C25H23BF2I2N2O2. The van der Waals surface area contributed by atoms with Gasteiger partial charge in [0.25, 0.3) is 0 Å². The van der Waals surface area contributed by atoms with Crippen LogP contribution in [0.4, 0.5) is 8.63 Å². The van der Waals surface area contributed by atoms with Crippen LogP contribution in [0.25, 0.3) is 16.3 Å². The fraction of sp³-hybridized carbons (Fsp3) is 0.240. The standard InChI is InChI=1S/C25H23BF2I2N2O2/c1-12-22(29)14(3)31-24(12)21(25-13(2)23(30)15(4)32(25)26(31,27)28)18-9-10-20(34-6)17-8-7-16(33-5)11-19(17)18/h7-11H,1-6H3. The highest BCUT2D eigenvalue weighted by Crippen LogP contribution is 2.49. The maximum atomic E-state index is 16.3. The van der Waals surface area contributed by atoms with Crippen LogP contribution in [-0.2, 0) is 0 Å². The lowest BCUT2D eigenvalue weighted by molar-refractivity contribution is -0.363. The molecule has 0 amide bonds. The van der Waals surface area contributed by atoms with Crippen molar-refractivity contribution in [2.45, 2.75) is 27.7 Å². The number of hydrogen-bond acceptors (Lipinski definition) is 2. The fourth-order valence-electron chi connectivity index (χ4n) is 5.36. The first-order valence-electron chi connectivity index (χ1n) is 10.8. The molecule has 34 heavy (non-hydrogen) atoms. The third-order valence-electron chi connectivity index (χ3n) is 6.98. The molecule has 0 radical (unpaired) electrons. The lowest BCUT2D eigenvalue weighted by Gasteiger charge is -2.34. The Morgan fingerprint density at radius 3 is 2.29 bits per heavy atom. The van der Waals surface area contributed by atoms with E-state index in [1.54, 1.807) is 28.1 Å². The van der Waals surface area contributed by atoms with Gasteiger partial charge in [0, 0.05) is 27.1 Å². The number of halogens is 4. The lowest BCUT2D eigenvalue weighted by Crippen LogP contribution is -2.51. The molecule has 2 aliphatic heterocycles. The van der Waals surface area contributed by atoms with E-state index in [2.05, 4.69) is 45.2 Å². The zero-order valence-corrected chi connectivity index (χ0v) is 24.0. The summed E-state index contributed by atoms with van der Waals surface area (Å²) in [6.07, 6.45) is 0. The van der Waals surface area contributed by atoms with Gasteiger partial charge in [-0.15, -0.1) is 0 Å². The van der Waals surface area contributed by atoms with Crippen LogP contribution in [0, 0.1) is 17.4 Å². The number of fused-ring (bicyclic) bond motifs is 3. The van der Waals surface area contributed by atoms with Crippen molar-refractivity contribution in [1.29, 1.82) is 0 Å². The Hall–Kier alpha value is -1.89. The van der Waals surface area contributed by atoms with Gasteiger partial charge in [0.15, 0.2) is 5.70 Å². The van der Waals surface area contributed by atoms with Gasteiger partial charge >= 0.3 is 6.97 Å². The molecule has 0 bridgehead atoms. The van der Waals surface area contributed by atoms with Gasteiger partial charge < -0.3 is 27.1 Å². The van der Waals surface area contributed by atoms with Gasteiger partial charge in [0.05, 0.1) is 23.4 Å². The van der Waals surface area contributed by atoms with Crippen LogP contribution in [0.3, 0.4) is 0 Å². The van der Waals surface area contributed by atoms with E-state index in [0.717, 1.165) is 45.9 Å². The molecule has 0 atom stereocenters. The highest BCUT2D eigenvalue weighted by molar-refractivity contribution is 14.1. The van der Waals surface area contributed by atoms with Crippen LogP contribution in [-0.4, -0.2) is 35.9 Å². The van der Waals surface area contributed by atoms with E-state index < -0.39 is 6.97 Å². The van der Waals surface area contributed by atoms with E-state index in [0.29, 0.717) is 28.5 Å². The molecule has 1 aromatic heterocycles. The Labute approximate surface area is 224 Å². The molecule has 3 aromatic rings. The SMILES string of the molecule is COc1ccc2c(OC)ccc(C3=C4C(C)=C(I)C(C)=[N+]4[B-](F)(F)n4c(C)c(I)c(C)c43)c2c1. The molecule has 176 valence electrons. The average Bonchev–Trinajstić information content (AvgIpc) is 3.19. The van der Waals surface area contributed by atoms with Crippen molar-refractivity contribution in [2.24, 2.45) is 0 Å². The second kappa shape index (κ2) is 8.07. The maximum Gasteiger partial charge on any atom is 0.737 e. The van der Waals surface area contributed by atoms with Crippen molar-refractivity contribution in [3.8, 4) is 11.5 Å². The van der Waals surface area contributed by atoms with Gasteiger partial charge in [0.1, 0.15) is 17.2 Å². The number of benzene rings is 2. The average molecular weight is 686 g/mol. The summed E-state index contributed by atoms with van der Waals surface area (Å²) in [6.45, 7) is 3.37. The van der Waals surface area contributed by atoms with Gasteiger partial charge in [-0.3, -0.25) is 0 Å². The minimum atomic E-state index is -4.06. The second-order valence-corrected chi connectivity index (χ2v) is 10.8. The Bertz CT molecular complexity index is 1520. The smallest absolute Gasteiger partial charge is 0.497 e. The quantitative estimate of drug-likeness (QED) is 0.218. The molecule has 9 heteroatoms. The van der Waals surface area contributed by atoms with E-state index in [-0.39, 0.29) is 0 Å². The van der Waals surface area contributed by atoms with Crippen LogP contribution in [0.2, 0.25) is 0 Å².